The number of carbonyl (C=O) groups excluding carboxylic acids is 1. The predicted octanol–water partition coefficient (Wildman–Crippen LogP) is 0.703. The summed E-state index contributed by atoms with van der Waals surface area (Å²) in [4.78, 5) is 23.6. The van der Waals surface area contributed by atoms with Crippen molar-refractivity contribution in [1.29, 1.82) is 0 Å². The predicted molar refractivity (Wildman–Crippen MR) is 63.1 cm³/mol. The zero-order valence-electron chi connectivity index (χ0n) is 9.47. The van der Waals surface area contributed by atoms with Crippen molar-refractivity contribution in [2.24, 2.45) is 0 Å². The number of likely N-dealkylation sites (N-methyl/N-ethyl adjacent to an activating group) is 1. The Bertz CT molecular complexity index is 473. The first-order chi connectivity index (χ1) is 8.13. The summed E-state index contributed by atoms with van der Waals surface area (Å²) < 4.78 is 0. The molecule has 0 fully saturated rings. The van der Waals surface area contributed by atoms with E-state index in [0.717, 1.165) is 12.0 Å². The van der Waals surface area contributed by atoms with Crippen LogP contribution < -0.4 is 10.2 Å². The largest absolute Gasteiger partial charge is 0.311 e. The number of hydrogen-bond donors (Lipinski definition) is 1. The van der Waals surface area contributed by atoms with Crippen molar-refractivity contribution in [3.05, 3.63) is 33.9 Å². The lowest BCUT2D eigenvalue weighted by Crippen LogP contribution is -2.35. The summed E-state index contributed by atoms with van der Waals surface area (Å²) in [7, 11) is 1.70. The van der Waals surface area contributed by atoms with E-state index in [2.05, 4.69) is 5.32 Å². The van der Waals surface area contributed by atoms with E-state index in [9.17, 15) is 14.9 Å². The van der Waals surface area contributed by atoms with Crippen LogP contribution >= 0.6 is 0 Å². The first-order valence-electron chi connectivity index (χ1n) is 5.36. The molecule has 0 unspecified atom stereocenters. The molecule has 0 saturated carbocycles. The first-order valence-corrected chi connectivity index (χ1v) is 5.36. The van der Waals surface area contributed by atoms with E-state index in [0.29, 0.717) is 12.2 Å². The lowest BCUT2D eigenvalue weighted by atomic mass is 10.1. The number of carbonyl (C=O) groups is 1. The van der Waals surface area contributed by atoms with Gasteiger partial charge in [0.2, 0.25) is 5.91 Å². The number of fused-ring (bicyclic) bond motifs is 1. The number of non-ortho nitro benzene ring substituents is 1. The average Bonchev–Trinajstić information content (AvgIpc) is 2.71. The lowest BCUT2D eigenvalue weighted by Gasteiger charge is -2.16. The molecular weight excluding hydrogens is 222 g/mol. The molecular formula is C11H13N3O3. The molecule has 2 rings (SSSR count). The first kappa shape index (κ1) is 11.5. The van der Waals surface area contributed by atoms with Crippen LogP contribution in [0.3, 0.4) is 0 Å². The summed E-state index contributed by atoms with van der Waals surface area (Å²) in [5.74, 6) is -0.0632. The van der Waals surface area contributed by atoms with Gasteiger partial charge in [0.25, 0.3) is 5.69 Å². The SMILES string of the molecule is CNCC(=O)N1CCc2ccc([N+](=O)[O-])cc21. The molecule has 1 heterocycles. The van der Waals surface area contributed by atoms with Crippen LogP contribution in [-0.2, 0) is 11.2 Å². The molecule has 0 aliphatic carbocycles. The van der Waals surface area contributed by atoms with Crippen LogP contribution in [-0.4, -0.2) is 31.0 Å². The molecule has 0 atom stereocenters. The summed E-state index contributed by atoms with van der Waals surface area (Å²) >= 11 is 0. The van der Waals surface area contributed by atoms with Crippen LogP contribution in [0.5, 0.6) is 0 Å². The molecule has 17 heavy (non-hydrogen) atoms. The van der Waals surface area contributed by atoms with E-state index >= 15 is 0 Å². The summed E-state index contributed by atoms with van der Waals surface area (Å²) in [6, 6.07) is 4.67. The van der Waals surface area contributed by atoms with Crippen molar-refractivity contribution in [2.75, 3.05) is 25.0 Å². The van der Waals surface area contributed by atoms with Crippen LogP contribution in [0.2, 0.25) is 0 Å². The number of anilines is 1. The average molecular weight is 235 g/mol. The summed E-state index contributed by atoms with van der Waals surface area (Å²) in [6.45, 7) is 0.832. The lowest BCUT2D eigenvalue weighted by molar-refractivity contribution is -0.384. The summed E-state index contributed by atoms with van der Waals surface area (Å²) in [6.07, 6.45) is 0.753. The molecule has 0 spiro atoms. The fraction of sp³-hybridized carbons (Fsp3) is 0.364. The van der Waals surface area contributed by atoms with Crippen molar-refractivity contribution < 1.29 is 9.72 Å². The van der Waals surface area contributed by atoms with Gasteiger partial charge in [-0.15, -0.1) is 0 Å². The quantitative estimate of drug-likeness (QED) is 0.618. The third kappa shape index (κ3) is 2.12. The number of benzene rings is 1. The molecule has 0 saturated heterocycles. The second kappa shape index (κ2) is 4.50. The van der Waals surface area contributed by atoms with Gasteiger partial charge in [0.05, 0.1) is 17.2 Å². The molecule has 0 aromatic heterocycles. The second-order valence-corrected chi connectivity index (χ2v) is 3.90. The van der Waals surface area contributed by atoms with E-state index in [1.165, 1.54) is 12.1 Å². The van der Waals surface area contributed by atoms with E-state index in [1.54, 1.807) is 18.0 Å². The van der Waals surface area contributed by atoms with Crippen LogP contribution in [0.1, 0.15) is 5.56 Å². The standard InChI is InChI=1S/C11H13N3O3/c1-12-7-11(15)13-5-4-8-2-3-9(14(16)17)6-10(8)13/h2-3,6,12H,4-5,7H2,1H3. The summed E-state index contributed by atoms with van der Waals surface area (Å²) in [5.41, 5.74) is 1.67. The molecule has 1 amide bonds. The molecule has 0 bridgehead atoms. The smallest absolute Gasteiger partial charge is 0.271 e. The highest BCUT2D eigenvalue weighted by Crippen LogP contribution is 2.31. The van der Waals surface area contributed by atoms with Crippen LogP contribution in [0.4, 0.5) is 11.4 Å². The molecule has 6 heteroatoms. The van der Waals surface area contributed by atoms with Crippen molar-refractivity contribution in [3.8, 4) is 0 Å². The van der Waals surface area contributed by atoms with Gasteiger partial charge in [-0.1, -0.05) is 6.07 Å². The number of nitro groups is 1. The maximum absolute atomic E-state index is 11.8. The molecule has 1 aliphatic heterocycles. The topological polar surface area (TPSA) is 75.5 Å². The van der Waals surface area contributed by atoms with Gasteiger partial charge in [-0.25, -0.2) is 0 Å². The van der Waals surface area contributed by atoms with E-state index in [4.69, 9.17) is 0 Å². The summed E-state index contributed by atoms with van der Waals surface area (Å²) in [5, 5.41) is 13.5. The van der Waals surface area contributed by atoms with E-state index in [1.807, 2.05) is 0 Å². The fourth-order valence-corrected chi connectivity index (χ4v) is 1.99. The maximum atomic E-state index is 11.8. The highest BCUT2D eigenvalue weighted by atomic mass is 16.6. The number of rotatable bonds is 3. The van der Waals surface area contributed by atoms with Gasteiger partial charge in [0.15, 0.2) is 0 Å². The third-order valence-electron chi connectivity index (χ3n) is 2.80. The van der Waals surface area contributed by atoms with Crippen molar-refractivity contribution in [1.82, 2.24) is 5.32 Å². The minimum atomic E-state index is -0.445. The Balaban J connectivity index is 2.32. The fourth-order valence-electron chi connectivity index (χ4n) is 1.99. The van der Waals surface area contributed by atoms with Gasteiger partial charge in [0.1, 0.15) is 0 Å². The number of nitrogens with zero attached hydrogens (tertiary/aromatic N) is 2. The van der Waals surface area contributed by atoms with Gasteiger partial charge in [-0.05, 0) is 19.0 Å². The highest BCUT2D eigenvalue weighted by molar-refractivity contribution is 5.97. The third-order valence-corrected chi connectivity index (χ3v) is 2.80. The molecule has 6 nitrogen and oxygen atoms in total. The van der Waals surface area contributed by atoms with Crippen LogP contribution in [0.15, 0.2) is 18.2 Å². The van der Waals surface area contributed by atoms with E-state index < -0.39 is 4.92 Å². The molecule has 1 aliphatic rings. The second-order valence-electron chi connectivity index (χ2n) is 3.90. The van der Waals surface area contributed by atoms with Gasteiger partial charge >= 0.3 is 0 Å². The van der Waals surface area contributed by atoms with Gasteiger partial charge in [-0.2, -0.15) is 0 Å². The van der Waals surface area contributed by atoms with Crippen molar-refractivity contribution in [3.63, 3.8) is 0 Å². The van der Waals surface area contributed by atoms with Crippen LogP contribution in [0.25, 0.3) is 0 Å². The minimum Gasteiger partial charge on any atom is -0.311 e. The Hall–Kier alpha value is -1.95. The Morgan fingerprint density at radius 2 is 2.35 bits per heavy atom. The normalized spacial score (nSPS) is 13.6. The molecule has 1 N–H and O–H groups in total. The molecule has 0 radical (unpaired) electrons. The van der Waals surface area contributed by atoms with E-state index in [-0.39, 0.29) is 18.1 Å². The van der Waals surface area contributed by atoms with Crippen LogP contribution in [0, 0.1) is 10.1 Å². The monoisotopic (exact) mass is 235 g/mol. The maximum Gasteiger partial charge on any atom is 0.271 e. The minimum absolute atomic E-state index is 0.0212. The zero-order valence-corrected chi connectivity index (χ0v) is 9.47. The van der Waals surface area contributed by atoms with Gasteiger partial charge < -0.3 is 10.2 Å². The number of hydrogen-bond acceptors (Lipinski definition) is 4. The molecule has 90 valence electrons. The number of nitro benzene ring substituents is 1. The van der Waals surface area contributed by atoms with Crippen molar-refractivity contribution >= 4 is 17.3 Å². The van der Waals surface area contributed by atoms with Gasteiger partial charge in [-0.3, -0.25) is 14.9 Å². The van der Waals surface area contributed by atoms with Crippen molar-refractivity contribution in [2.45, 2.75) is 6.42 Å². The molecule has 1 aromatic rings. The Morgan fingerprint density at radius 1 is 1.59 bits per heavy atom. The number of amides is 1. The Morgan fingerprint density at radius 3 is 3.00 bits per heavy atom. The Kier molecular flexibility index (Phi) is 3.06. The Labute approximate surface area is 98.4 Å². The molecule has 1 aromatic carbocycles. The van der Waals surface area contributed by atoms with Gasteiger partial charge in [0, 0.05) is 18.7 Å². The number of nitrogens with one attached hydrogen (secondary N) is 1. The highest BCUT2D eigenvalue weighted by Gasteiger charge is 2.25. The zero-order chi connectivity index (χ0) is 12.4.